The van der Waals surface area contributed by atoms with Gasteiger partial charge < -0.3 is 13.9 Å². The molecule has 1 aliphatic heterocycles. The second kappa shape index (κ2) is 6.15. The van der Waals surface area contributed by atoms with Crippen LogP contribution in [0.3, 0.4) is 0 Å². The minimum atomic E-state index is 0.0554. The maximum Gasteiger partial charge on any atom is 0.224 e. The van der Waals surface area contributed by atoms with Crippen molar-refractivity contribution in [1.82, 2.24) is 15.1 Å². The molecule has 6 heteroatoms. The molecule has 1 aromatic rings. The van der Waals surface area contributed by atoms with Crippen molar-refractivity contribution in [1.29, 1.82) is 0 Å². The van der Waals surface area contributed by atoms with Gasteiger partial charge in [0.05, 0.1) is 24.7 Å². The Labute approximate surface area is 137 Å². The number of hydrogen-bond acceptors (Lipinski definition) is 6. The molecule has 6 nitrogen and oxygen atoms in total. The summed E-state index contributed by atoms with van der Waals surface area (Å²) in [7, 11) is 3.52. The Morgan fingerprint density at radius 3 is 2.70 bits per heavy atom. The molecular weight excluding hydrogens is 294 g/mol. The summed E-state index contributed by atoms with van der Waals surface area (Å²) in [6, 6.07) is 0.304. The molecular formula is C17H27N3O3. The first kappa shape index (κ1) is 15.5. The molecule has 4 rings (SSSR count). The largest absolute Gasteiger partial charge is 0.424 e. The third-order valence-electron chi connectivity index (χ3n) is 5.92. The third kappa shape index (κ3) is 2.71. The number of nitrogens with zero attached hydrogens (tertiary/aromatic N) is 3. The van der Waals surface area contributed by atoms with Crippen LogP contribution in [0.25, 0.3) is 0 Å². The number of ether oxygens (including phenoxy) is 2. The highest BCUT2D eigenvalue weighted by atomic mass is 16.5. The zero-order chi connectivity index (χ0) is 15.9. The predicted molar refractivity (Wildman–Crippen MR) is 84.4 cm³/mol. The summed E-state index contributed by atoms with van der Waals surface area (Å²) in [6.07, 6.45) is 6.08. The van der Waals surface area contributed by atoms with Crippen molar-refractivity contribution in [3.63, 3.8) is 0 Å². The molecule has 0 bridgehead atoms. The molecule has 0 radical (unpaired) electrons. The molecule has 3 fully saturated rings. The molecule has 128 valence electrons. The van der Waals surface area contributed by atoms with E-state index >= 15 is 0 Å². The van der Waals surface area contributed by atoms with E-state index < -0.39 is 0 Å². The molecule has 0 unspecified atom stereocenters. The fraction of sp³-hybridized carbons (Fsp3) is 0.882. The van der Waals surface area contributed by atoms with Crippen molar-refractivity contribution in [2.24, 2.45) is 5.92 Å². The standard InChI is InChI=1S/C17H27N3O3/c1-21-9-14(10-22-2)20-8-13-4-3-7-17(13,11-20)16-19-18-15(23-16)12-5-6-12/h12-14H,3-11H2,1-2H3/t13-,17-/m0/s1. The third-order valence-corrected chi connectivity index (χ3v) is 5.92. The second-order valence-corrected chi connectivity index (χ2v) is 7.46. The number of rotatable bonds is 7. The van der Waals surface area contributed by atoms with Crippen LogP contribution in [0.15, 0.2) is 4.42 Å². The van der Waals surface area contributed by atoms with Crippen LogP contribution in [0.2, 0.25) is 0 Å². The van der Waals surface area contributed by atoms with E-state index in [9.17, 15) is 0 Å². The summed E-state index contributed by atoms with van der Waals surface area (Å²) in [5.74, 6) is 2.90. The van der Waals surface area contributed by atoms with Crippen molar-refractivity contribution in [3.05, 3.63) is 11.8 Å². The van der Waals surface area contributed by atoms with Crippen molar-refractivity contribution in [2.75, 3.05) is 40.5 Å². The molecule has 2 saturated carbocycles. The number of methoxy groups -OCH3 is 2. The minimum Gasteiger partial charge on any atom is -0.424 e. The van der Waals surface area contributed by atoms with E-state index in [2.05, 4.69) is 15.1 Å². The molecule has 2 heterocycles. The average molecular weight is 321 g/mol. The van der Waals surface area contributed by atoms with E-state index in [1.165, 1.54) is 25.7 Å². The summed E-state index contributed by atoms with van der Waals surface area (Å²) in [5, 5.41) is 8.81. The Hall–Kier alpha value is -0.980. The number of aromatic nitrogens is 2. The summed E-state index contributed by atoms with van der Waals surface area (Å²) in [6.45, 7) is 3.47. The van der Waals surface area contributed by atoms with E-state index in [0.29, 0.717) is 31.1 Å². The van der Waals surface area contributed by atoms with Crippen molar-refractivity contribution < 1.29 is 13.9 Å². The first-order valence-electron chi connectivity index (χ1n) is 8.82. The molecule has 1 saturated heterocycles. The van der Waals surface area contributed by atoms with Gasteiger partial charge in [-0.1, -0.05) is 6.42 Å². The van der Waals surface area contributed by atoms with Crippen LogP contribution in [0, 0.1) is 5.92 Å². The van der Waals surface area contributed by atoms with E-state index in [-0.39, 0.29) is 5.41 Å². The SMILES string of the molecule is COCC(COC)N1C[C@@H]2CCC[C@]2(c2nnc(C3CC3)o2)C1. The zero-order valence-corrected chi connectivity index (χ0v) is 14.2. The van der Waals surface area contributed by atoms with Crippen LogP contribution in [-0.4, -0.2) is 61.7 Å². The monoisotopic (exact) mass is 321 g/mol. The number of hydrogen-bond donors (Lipinski definition) is 0. The highest BCUT2D eigenvalue weighted by Crippen LogP contribution is 2.51. The summed E-state index contributed by atoms with van der Waals surface area (Å²) in [4.78, 5) is 2.51. The topological polar surface area (TPSA) is 60.6 Å². The minimum absolute atomic E-state index is 0.0554. The van der Waals surface area contributed by atoms with E-state index in [4.69, 9.17) is 13.9 Å². The van der Waals surface area contributed by atoms with Gasteiger partial charge in [0.15, 0.2) is 0 Å². The molecule has 0 spiro atoms. The quantitative estimate of drug-likeness (QED) is 0.765. The second-order valence-electron chi connectivity index (χ2n) is 7.46. The highest BCUT2D eigenvalue weighted by Gasteiger charge is 2.55. The van der Waals surface area contributed by atoms with Gasteiger partial charge in [0.2, 0.25) is 11.8 Å². The van der Waals surface area contributed by atoms with Gasteiger partial charge in [0.25, 0.3) is 0 Å². The van der Waals surface area contributed by atoms with Gasteiger partial charge in [0, 0.05) is 33.2 Å². The number of fused-ring (bicyclic) bond motifs is 1. The molecule has 0 N–H and O–H groups in total. The summed E-state index contributed by atoms with van der Waals surface area (Å²) in [5.41, 5.74) is 0.0554. The molecule has 1 aromatic heterocycles. The summed E-state index contributed by atoms with van der Waals surface area (Å²) < 4.78 is 16.9. The Kier molecular flexibility index (Phi) is 4.15. The first-order valence-corrected chi connectivity index (χ1v) is 8.82. The van der Waals surface area contributed by atoms with E-state index in [0.717, 1.165) is 31.3 Å². The van der Waals surface area contributed by atoms with Gasteiger partial charge in [-0.25, -0.2) is 0 Å². The summed E-state index contributed by atoms with van der Waals surface area (Å²) >= 11 is 0. The molecule has 23 heavy (non-hydrogen) atoms. The fourth-order valence-electron chi connectivity index (χ4n) is 4.53. The van der Waals surface area contributed by atoms with Crippen LogP contribution in [0.5, 0.6) is 0 Å². The fourth-order valence-corrected chi connectivity index (χ4v) is 4.53. The normalized spacial score (nSPS) is 31.2. The zero-order valence-electron chi connectivity index (χ0n) is 14.2. The van der Waals surface area contributed by atoms with Crippen molar-refractivity contribution >= 4 is 0 Å². The molecule has 2 atom stereocenters. The lowest BCUT2D eigenvalue weighted by atomic mass is 9.80. The lowest BCUT2D eigenvalue weighted by Crippen LogP contribution is -2.42. The number of likely N-dealkylation sites (tertiary alicyclic amines) is 1. The van der Waals surface area contributed by atoms with Gasteiger partial charge in [-0.05, 0) is 31.6 Å². The molecule has 2 aliphatic carbocycles. The van der Waals surface area contributed by atoms with E-state index in [1.807, 2.05) is 0 Å². The van der Waals surface area contributed by atoms with E-state index in [1.54, 1.807) is 14.2 Å². The van der Waals surface area contributed by atoms with Crippen molar-refractivity contribution in [2.45, 2.75) is 49.5 Å². The maximum atomic E-state index is 6.13. The van der Waals surface area contributed by atoms with Crippen molar-refractivity contribution in [3.8, 4) is 0 Å². The van der Waals surface area contributed by atoms with Crippen LogP contribution in [0.1, 0.15) is 49.8 Å². The Morgan fingerprint density at radius 2 is 2.00 bits per heavy atom. The lowest BCUT2D eigenvalue weighted by Gasteiger charge is -2.29. The van der Waals surface area contributed by atoms with Gasteiger partial charge in [-0.3, -0.25) is 4.90 Å². The average Bonchev–Trinajstić information content (AvgIpc) is 2.97. The van der Waals surface area contributed by atoms with Gasteiger partial charge in [-0.15, -0.1) is 10.2 Å². The molecule has 0 aromatic carbocycles. The van der Waals surface area contributed by atoms with Crippen LogP contribution in [0.4, 0.5) is 0 Å². The first-order chi connectivity index (χ1) is 11.3. The lowest BCUT2D eigenvalue weighted by molar-refractivity contribution is 0.0420. The maximum absolute atomic E-state index is 6.13. The Morgan fingerprint density at radius 1 is 1.22 bits per heavy atom. The van der Waals surface area contributed by atoms with Gasteiger partial charge in [0.1, 0.15) is 0 Å². The van der Waals surface area contributed by atoms with Gasteiger partial charge >= 0.3 is 0 Å². The predicted octanol–water partition coefficient (Wildman–Crippen LogP) is 1.96. The van der Waals surface area contributed by atoms with Crippen LogP contribution < -0.4 is 0 Å². The smallest absolute Gasteiger partial charge is 0.224 e. The Balaban J connectivity index is 1.56. The highest BCUT2D eigenvalue weighted by molar-refractivity contribution is 5.18. The van der Waals surface area contributed by atoms with Gasteiger partial charge in [-0.2, -0.15) is 0 Å². The van der Waals surface area contributed by atoms with Crippen LogP contribution >= 0.6 is 0 Å². The molecule has 0 amide bonds. The molecule has 3 aliphatic rings. The Bertz CT molecular complexity index is 539. The van der Waals surface area contributed by atoms with Crippen LogP contribution in [-0.2, 0) is 14.9 Å².